The average Bonchev–Trinajstić information content (AvgIpc) is 3.33. The van der Waals surface area contributed by atoms with E-state index in [2.05, 4.69) is 68.9 Å². The smallest absolute Gasteiger partial charge is 0.274 e. The number of aliphatic hydroxyl groups is 2. The number of halogens is 2. The maximum atomic E-state index is 9.40. The van der Waals surface area contributed by atoms with Crippen molar-refractivity contribution in [2.45, 2.75) is 330 Å². The maximum Gasteiger partial charge on any atom is 0.274 e. The van der Waals surface area contributed by atoms with Gasteiger partial charge in [0.2, 0.25) is 0 Å². The first-order valence-corrected chi connectivity index (χ1v) is 30.8. The molecular weight excluding hydrogens is 981 g/mol. The van der Waals surface area contributed by atoms with Crippen molar-refractivity contribution in [3.63, 3.8) is 0 Å². The highest BCUT2D eigenvalue weighted by Crippen LogP contribution is 2.19. The molecule has 0 unspecified atom stereocenters. The number of nitrogens with one attached hydrogen (secondary N) is 1. The SMILES string of the molecule is CCCCCCCCCCCCCCCCCC[n+]1ccccc1NCCCCCCCCCCCCCCCC.CCCCCCCCCCCCCCCC[N+](CCO)(CCO)C(C)C.[Cl-].[I-]. The predicted octanol–water partition coefficient (Wildman–Crippen LogP) is 12.8. The summed E-state index contributed by atoms with van der Waals surface area (Å²) in [7, 11) is 0. The Morgan fingerprint density at radius 2 is 0.696 bits per heavy atom. The Balaban J connectivity index is -0.00000135. The summed E-state index contributed by atoms with van der Waals surface area (Å²) in [5, 5.41) is 22.5. The monoisotopic (exact) mass is 1110 g/mol. The lowest BCUT2D eigenvalue weighted by molar-refractivity contribution is -0.948. The van der Waals surface area contributed by atoms with E-state index in [9.17, 15) is 10.2 Å². The van der Waals surface area contributed by atoms with Gasteiger partial charge in [-0.05, 0) is 58.4 Å². The minimum Gasteiger partial charge on any atom is -1.00 e. The summed E-state index contributed by atoms with van der Waals surface area (Å²) < 4.78 is 3.30. The van der Waals surface area contributed by atoms with E-state index < -0.39 is 0 Å². The van der Waals surface area contributed by atoms with Gasteiger partial charge in [-0.1, -0.05) is 271 Å². The highest BCUT2D eigenvalue weighted by molar-refractivity contribution is 5.26. The van der Waals surface area contributed by atoms with Crippen molar-refractivity contribution in [2.24, 2.45) is 0 Å². The number of unbranched alkanes of at least 4 members (excludes halogenated alkanes) is 41. The third kappa shape index (κ3) is 49.8. The molecule has 0 aromatic carbocycles. The minimum absolute atomic E-state index is 0. The Hall–Kier alpha value is -0.150. The van der Waals surface area contributed by atoms with E-state index in [4.69, 9.17) is 0 Å². The van der Waals surface area contributed by atoms with E-state index in [-0.39, 0.29) is 49.6 Å². The van der Waals surface area contributed by atoms with Crippen molar-refractivity contribution in [3.8, 4) is 0 Å². The summed E-state index contributed by atoms with van der Waals surface area (Å²) in [6, 6.07) is 7.09. The first-order valence-electron chi connectivity index (χ1n) is 30.8. The zero-order valence-electron chi connectivity index (χ0n) is 47.5. The molecule has 0 atom stereocenters. The summed E-state index contributed by atoms with van der Waals surface area (Å²) >= 11 is 0. The number of aliphatic hydroxyl groups excluding tert-OH is 2. The van der Waals surface area contributed by atoms with Crippen LogP contribution in [0.4, 0.5) is 5.82 Å². The van der Waals surface area contributed by atoms with Crippen molar-refractivity contribution < 1.29 is 55.6 Å². The number of aromatic nitrogens is 1. The lowest BCUT2D eigenvalue weighted by Gasteiger charge is -2.42. The van der Waals surface area contributed by atoms with Crippen LogP contribution in [-0.2, 0) is 6.54 Å². The molecule has 7 heteroatoms. The Bertz CT molecular complexity index is 1070. The number of hydrogen-bond donors (Lipinski definition) is 3. The van der Waals surface area contributed by atoms with Gasteiger partial charge >= 0.3 is 0 Å². The van der Waals surface area contributed by atoms with Crippen LogP contribution in [0.5, 0.6) is 0 Å². The third-order valence-corrected chi connectivity index (χ3v) is 15.2. The molecule has 5 nitrogen and oxygen atoms in total. The van der Waals surface area contributed by atoms with Crippen LogP contribution in [0.1, 0.15) is 317 Å². The zero-order valence-corrected chi connectivity index (χ0v) is 50.4. The quantitative estimate of drug-likeness (QED) is 0.0264. The molecule has 0 fully saturated rings. The van der Waals surface area contributed by atoms with Crippen molar-refractivity contribution in [1.29, 1.82) is 0 Å². The van der Waals surface area contributed by atoms with E-state index in [0.717, 1.165) is 37.2 Å². The van der Waals surface area contributed by atoms with Crippen molar-refractivity contribution in [1.82, 2.24) is 0 Å². The van der Waals surface area contributed by atoms with E-state index in [0.29, 0.717) is 6.04 Å². The molecule has 0 radical (unpaired) electrons. The predicted molar refractivity (Wildman–Crippen MR) is 299 cm³/mol. The molecule has 1 heterocycles. The van der Waals surface area contributed by atoms with Gasteiger partial charge in [0.25, 0.3) is 5.82 Å². The Morgan fingerprint density at radius 3 is 1.00 bits per heavy atom. The lowest BCUT2D eigenvalue weighted by atomic mass is 10.0. The topological polar surface area (TPSA) is 56.4 Å². The van der Waals surface area contributed by atoms with Gasteiger partial charge in [0.05, 0.1) is 45.1 Å². The highest BCUT2D eigenvalue weighted by Gasteiger charge is 2.29. The highest BCUT2D eigenvalue weighted by atomic mass is 127. The van der Waals surface area contributed by atoms with Crippen LogP contribution in [0, 0.1) is 0 Å². The number of hydrogen-bond acceptors (Lipinski definition) is 3. The summed E-state index contributed by atoms with van der Waals surface area (Å²) in [6.07, 6.45) is 64.6. The molecule has 0 aliphatic rings. The lowest BCUT2D eigenvalue weighted by Crippen LogP contribution is -3.00. The number of anilines is 1. The fourth-order valence-corrected chi connectivity index (χ4v) is 10.3. The van der Waals surface area contributed by atoms with Crippen molar-refractivity contribution >= 4 is 5.82 Å². The van der Waals surface area contributed by atoms with Gasteiger partial charge in [-0.25, -0.2) is 4.57 Å². The second kappa shape index (κ2) is 60.4. The second-order valence-corrected chi connectivity index (χ2v) is 21.6. The third-order valence-electron chi connectivity index (χ3n) is 15.2. The van der Waals surface area contributed by atoms with E-state index >= 15 is 0 Å². The van der Waals surface area contributed by atoms with Crippen LogP contribution in [0.3, 0.4) is 0 Å². The maximum absolute atomic E-state index is 9.40. The molecule has 3 N–H and O–H groups in total. The summed E-state index contributed by atoms with van der Waals surface area (Å²) in [5.41, 5.74) is 0. The molecular formula is C62H125ClIN3O2. The van der Waals surface area contributed by atoms with Crippen molar-refractivity contribution in [2.75, 3.05) is 44.7 Å². The number of nitrogens with zero attached hydrogens (tertiary/aromatic N) is 2. The van der Waals surface area contributed by atoms with Crippen LogP contribution >= 0.6 is 0 Å². The largest absolute Gasteiger partial charge is 1.00 e. The number of rotatable bonds is 53. The molecule has 0 bridgehead atoms. The molecule has 1 aromatic rings. The summed E-state index contributed by atoms with van der Waals surface area (Å²) in [6.45, 7) is 16.7. The Kier molecular flexibility index (Phi) is 64.0. The van der Waals surface area contributed by atoms with E-state index in [1.165, 1.54) is 288 Å². The molecule has 0 aliphatic heterocycles. The molecule has 1 rings (SSSR count). The fraction of sp³-hybridized carbons (Fsp3) is 0.919. The van der Waals surface area contributed by atoms with Gasteiger partial charge in [-0.2, -0.15) is 0 Å². The van der Waals surface area contributed by atoms with Gasteiger partial charge in [0.15, 0.2) is 0 Å². The summed E-state index contributed by atoms with van der Waals surface area (Å²) in [5.74, 6) is 1.31. The first kappa shape index (κ1) is 73.1. The molecule has 0 saturated heterocycles. The van der Waals surface area contributed by atoms with Crippen LogP contribution in [0.15, 0.2) is 24.4 Å². The van der Waals surface area contributed by atoms with Crippen LogP contribution in [0.25, 0.3) is 0 Å². The molecule has 0 amide bonds. The Morgan fingerprint density at radius 1 is 0.406 bits per heavy atom. The van der Waals surface area contributed by atoms with Gasteiger partial charge < -0.3 is 51.1 Å². The molecule has 0 saturated carbocycles. The van der Waals surface area contributed by atoms with Gasteiger partial charge in [0.1, 0.15) is 13.1 Å². The van der Waals surface area contributed by atoms with Crippen molar-refractivity contribution in [3.05, 3.63) is 24.4 Å². The van der Waals surface area contributed by atoms with Crippen LogP contribution in [-0.4, -0.2) is 60.1 Å². The number of quaternary nitrogens is 1. The van der Waals surface area contributed by atoms with Gasteiger partial charge in [-0.15, -0.1) is 0 Å². The van der Waals surface area contributed by atoms with Crippen LogP contribution in [0.2, 0.25) is 0 Å². The average molecular weight is 1110 g/mol. The molecule has 0 spiro atoms. The van der Waals surface area contributed by atoms with E-state index in [1.807, 2.05) is 0 Å². The van der Waals surface area contributed by atoms with E-state index in [1.54, 1.807) is 0 Å². The standard InChI is InChI=1S/C39H74N2.C23H50NO2.ClH.HI/c1-3-5-7-9-11-13-15-17-19-20-22-24-26-28-30-33-37-41-38-34-31-35-39(41)40-36-32-29-27-25-23-21-18-16-14-12-10-8-6-4-2;1-4-5-6-7-8-9-10-11-12-13-14-15-16-17-18-24(19-21-25,20-22-26)23(2)3;;/h31,34-35,38H,3-30,32-33,36-37H2,1-2H3;23,25-26H,4-22H2,1-3H3;2*1H/q;+1;;/p-1. The molecule has 0 aliphatic carbocycles. The van der Waals surface area contributed by atoms with Gasteiger partial charge in [0, 0.05) is 6.07 Å². The summed E-state index contributed by atoms with van der Waals surface area (Å²) in [4.78, 5) is 0. The minimum atomic E-state index is 0. The first-order chi connectivity index (χ1) is 33.0. The molecule has 69 heavy (non-hydrogen) atoms. The number of pyridine rings is 1. The van der Waals surface area contributed by atoms with Gasteiger partial charge in [-0.3, -0.25) is 5.32 Å². The normalized spacial score (nSPS) is 11.4. The molecule has 414 valence electrons. The second-order valence-electron chi connectivity index (χ2n) is 21.6. The van der Waals surface area contributed by atoms with Crippen LogP contribution < -0.4 is 46.3 Å². The Labute approximate surface area is 457 Å². The fourth-order valence-electron chi connectivity index (χ4n) is 10.3. The molecule has 1 aromatic heterocycles. The zero-order chi connectivity index (χ0) is 48.8. The number of aryl methyl sites for hydroxylation is 1.